The number of ether oxygens (including phenoxy) is 2. The van der Waals surface area contributed by atoms with Gasteiger partial charge >= 0.3 is 12.5 Å². The average Bonchev–Trinajstić information content (AvgIpc) is 2.47. The lowest BCUT2D eigenvalue weighted by Crippen LogP contribution is -2.34. The number of rotatable bonds is 5. The van der Waals surface area contributed by atoms with E-state index >= 15 is 0 Å². The molecule has 2 rings (SSSR count). The standard InChI is InChI=1S/C14H17F4NO2.ClH/c15-13(16)14(17,18)21-11-4-2-1-3-10(11)12(19)9-5-7-20-8-6-9;/h1-4,9,12-13H,5-8,19H2;1H/t12-;/m0./s1. The Balaban J connectivity index is 0.00000242. The molecule has 0 unspecified atom stereocenters. The summed E-state index contributed by atoms with van der Waals surface area (Å²) >= 11 is 0. The second-order valence-corrected chi connectivity index (χ2v) is 4.98. The van der Waals surface area contributed by atoms with Crippen molar-refractivity contribution in [2.45, 2.75) is 31.4 Å². The lowest BCUT2D eigenvalue weighted by atomic mass is 9.87. The average molecular weight is 344 g/mol. The van der Waals surface area contributed by atoms with Gasteiger partial charge in [0.1, 0.15) is 5.75 Å². The van der Waals surface area contributed by atoms with Gasteiger partial charge in [0, 0.05) is 24.8 Å². The molecule has 1 heterocycles. The first-order chi connectivity index (χ1) is 9.92. The number of nitrogens with two attached hydrogens (primary N) is 1. The van der Waals surface area contributed by atoms with E-state index < -0.39 is 18.6 Å². The van der Waals surface area contributed by atoms with Gasteiger partial charge in [-0.25, -0.2) is 0 Å². The molecule has 3 nitrogen and oxygen atoms in total. The first kappa shape index (κ1) is 19.0. The molecular formula is C14H18ClF4NO2. The van der Waals surface area contributed by atoms with Gasteiger partial charge in [-0.3, -0.25) is 0 Å². The third-order valence-electron chi connectivity index (χ3n) is 3.55. The van der Waals surface area contributed by atoms with Crippen LogP contribution in [-0.2, 0) is 4.74 Å². The number of halogens is 5. The lowest BCUT2D eigenvalue weighted by molar-refractivity contribution is -0.253. The van der Waals surface area contributed by atoms with Crippen molar-refractivity contribution in [2.24, 2.45) is 11.7 Å². The molecule has 1 aromatic carbocycles. The van der Waals surface area contributed by atoms with Crippen LogP contribution in [0.3, 0.4) is 0 Å². The smallest absolute Gasteiger partial charge is 0.428 e. The Hall–Kier alpha value is -1.05. The predicted molar refractivity (Wildman–Crippen MR) is 75.7 cm³/mol. The van der Waals surface area contributed by atoms with Crippen LogP contribution in [0.5, 0.6) is 5.75 Å². The largest absolute Gasteiger partial charge is 0.461 e. The maximum Gasteiger partial charge on any atom is 0.461 e. The second-order valence-electron chi connectivity index (χ2n) is 4.98. The van der Waals surface area contributed by atoms with Crippen molar-refractivity contribution in [1.29, 1.82) is 0 Å². The van der Waals surface area contributed by atoms with E-state index in [4.69, 9.17) is 10.5 Å². The summed E-state index contributed by atoms with van der Waals surface area (Å²) in [7, 11) is 0. The van der Waals surface area contributed by atoms with E-state index in [2.05, 4.69) is 4.74 Å². The summed E-state index contributed by atoms with van der Waals surface area (Å²) in [5, 5.41) is 0. The van der Waals surface area contributed by atoms with Crippen molar-refractivity contribution in [2.75, 3.05) is 13.2 Å². The summed E-state index contributed by atoms with van der Waals surface area (Å²) < 4.78 is 60.1. The molecule has 1 aliphatic rings. The summed E-state index contributed by atoms with van der Waals surface area (Å²) in [6, 6.07) is 5.25. The van der Waals surface area contributed by atoms with Crippen molar-refractivity contribution >= 4 is 12.4 Å². The molecule has 126 valence electrons. The van der Waals surface area contributed by atoms with Gasteiger partial charge in [0.25, 0.3) is 0 Å². The first-order valence-corrected chi connectivity index (χ1v) is 6.69. The zero-order chi connectivity index (χ0) is 15.5. The molecule has 0 bridgehead atoms. The van der Waals surface area contributed by atoms with Crippen LogP contribution < -0.4 is 10.5 Å². The highest BCUT2D eigenvalue weighted by molar-refractivity contribution is 5.85. The summed E-state index contributed by atoms with van der Waals surface area (Å²) in [6.07, 6.45) is -7.04. The molecule has 1 aliphatic heterocycles. The van der Waals surface area contributed by atoms with Gasteiger partial charge in [-0.1, -0.05) is 18.2 Å². The molecule has 0 spiro atoms. The van der Waals surface area contributed by atoms with E-state index in [1.807, 2.05) is 0 Å². The maximum atomic E-state index is 13.1. The molecule has 0 aromatic heterocycles. The Labute approximate surface area is 132 Å². The fraction of sp³-hybridized carbons (Fsp3) is 0.571. The zero-order valence-corrected chi connectivity index (χ0v) is 12.5. The minimum atomic E-state index is -4.54. The van der Waals surface area contributed by atoms with Crippen LogP contribution in [0, 0.1) is 5.92 Å². The number of alkyl halides is 4. The fourth-order valence-electron chi connectivity index (χ4n) is 2.37. The van der Waals surface area contributed by atoms with Gasteiger partial charge in [-0.15, -0.1) is 12.4 Å². The van der Waals surface area contributed by atoms with Crippen LogP contribution in [0.15, 0.2) is 24.3 Å². The minimum absolute atomic E-state index is 0. The minimum Gasteiger partial charge on any atom is -0.428 e. The Bertz CT molecular complexity index is 470. The topological polar surface area (TPSA) is 44.5 Å². The number of benzene rings is 1. The zero-order valence-electron chi connectivity index (χ0n) is 11.7. The first-order valence-electron chi connectivity index (χ1n) is 6.69. The normalized spacial score (nSPS) is 17.9. The van der Waals surface area contributed by atoms with Crippen molar-refractivity contribution in [3.8, 4) is 5.75 Å². The quantitative estimate of drug-likeness (QED) is 0.828. The van der Waals surface area contributed by atoms with Gasteiger partial charge in [0.05, 0.1) is 0 Å². The molecule has 1 fully saturated rings. The molecule has 0 radical (unpaired) electrons. The van der Waals surface area contributed by atoms with E-state index in [0.717, 1.165) is 0 Å². The van der Waals surface area contributed by atoms with Crippen LogP contribution in [0.25, 0.3) is 0 Å². The van der Waals surface area contributed by atoms with E-state index in [1.165, 1.54) is 18.2 Å². The Kier molecular flexibility index (Phi) is 6.90. The fourth-order valence-corrected chi connectivity index (χ4v) is 2.37. The molecule has 1 aromatic rings. The van der Waals surface area contributed by atoms with Crippen molar-refractivity contribution in [1.82, 2.24) is 0 Å². The highest BCUT2D eigenvalue weighted by atomic mass is 35.5. The molecule has 0 aliphatic carbocycles. The number of hydrogen-bond acceptors (Lipinski definition) is 3. The summed E-state index contributed by atoms with van der Waals surface area (Å²) in [4.78, 5) is 0. The van der Waals surface area contributed by atoms with Gasteiger partial charge in [0.2, 0.25) is 0 Å². The molecular weight excluding hydrogens is 326 g/mol. The van der Waals surface area contributed by atoms with Crippen LogP contribution in [0.4, 0.5) is 17.6 Å². The highest BCUT2D eigenvalue weighted by Crippen LogP contribution is 2.36. The van der Waals surface area contributed by atoms with Crippen molar-refractivity contribution < 1.29 is 27.0 Å². The van der Waals surface area contributed by atoms with Gasteiger partial charge in [0.15, 0.2) is 0 Å². The molecule has 22 heavy (non-hydrogen) atoms. The number of para-hydroxylation sites is 1. The summed E-state index contributed by atoms with van der Waals surface area (Å²) in [5.41, 5.74) is 6.41. The second kappa shape index (κ2) is 7.99. The SMILES string of the molecule is Cl.N[C@H](c1ccccc1OC(F)(F)C(F)F)C1CCOCC1. The Morgan fingerprint density at radius 3 is 2.36 bits per heavy atom. The van der Waals surface area contributed by atoms with Crippen LogP contribution >= 0.6 is 12.4 Å². The Morgan fingerprint density at radius 1 is 1.18 bits per heavy atom. The molecule has 1 atom stereocenters. The van der Waals surface area contributed by atoms with Crippen LogP contribution in [-0.4, -0.2) is 25.7 Å². The van der Waals surface area contributed by atoms with E-state index in [9.17, 15) is 17.6 Å². The van der Waals surface area contributed by atoms with Gasteiger partial charge in [-0.2, -0.15) is 17.6 Å². The maximum absolute atomic E-state index is 13.1. The predicted octanol–water partition coefficient (Wildman–Crippen LogP) is 3.77. The highest BCUT2D eigenvalue weighted by Gasteiger charge is 2.44. The van der Waals surface area contributed by atoms with Crippen LogP contribution in [0.1, 0.15) is 24.4 Å². The van der Waals surface area contributed by atoms with Gasteiger partial charge in [-0.05, 0) is 24.8 Å². The van der Waals surface area contributed by atoms with E-state index in [1.54, 1.807) is 6.07 Å². The third-order valence-corrected chi connectivity index (χ3v) is 3.55. The Morgan fingerprint density at radius 2 is 1.77 bits per heavy atom. The molecule has 0 amide bonds. The van der Waals surface area contributed by atoms with E-state index in [-0.39, 0.29) is 24.1 Å². The third kappa shape index (κ3) is 4.47. The number of hydrogen-bond donors (Lipinski definition) is 1. The van der Waals surface area contributed by atoms with Gasteiger partial charge < -0.3 is 15.2 Å². The molecule has 1 saturated heterocycles. The summed E-state index contributed by atoms with van der Waals surface area (Å²) in [5.74, 6) is -0.259. The van der Waals surface area contributed by atoms with Crippen molar-refractivity contribution in [3.63, 3.8) is 0 Å². The van der Waals surface area contributed by atoms with Crippen molar-refractivity contribution in [3.05, 3.63) is 29.8 Å². The lowest BCUT2D eigenvalue weighted by Gasteiger charge is -2.29. The molecule has 2 N–H and O–H groups in total. The monoisotopic (exact) mass is 343 g/mol. The van der Waals surface area contributed by atoms with E-state index in [0.29, 0.717) is 31.6 Å². The van der Waals surface area contributed by atoms with Crippen LogP contribution in [0.2, 0.25) is 0 Å². The molecule has 0 saturated carbocycles. The molecule has 8 heteroatoms. The summed E-state index contributed by atoms with van der Waals surface area (Å²) in [6.45, 7) is 1.10.